The number of hydrogen-bond acceptors (Lipinski definition) is 4. The van der Waals surface area contributed by atoms with E-state index in [1.807, 2.05) is 23.6 Å². The SMILES string of the molecule is COc1csc(C(O)Cc2ccco2)c1. The molecule has 0 aliphatic heterocycles. The van der Waals surface area contributed by atoms with Crippen LogP contribution < -0.4 is 4.74 Å². The first kappa shape index (κ1) is 10.3. The molecular weight excluding hydrogens is 212 g/mol. The lowest BCUT2D eigenvalue weighted by Crippen LogP contribution is -1.98. The van der Waals surface area contributed by atoms with Crippen molar-refractivity contribution in [3.8, 4) is 5.75 Å². The quantitative estimate of drug-likeness (QED) is 0.868. The Balaban J connectivity index is 2.04. The van der Waals surface area contributed by atoms with Gasteiger partial charge in [-0.2, -0.15) is 0 Å². The van der Waals surface area contributed by atoms with Crippen molar-refractivity contribution in [2.75, 3.05) is 7.11 Å². The third kappa shape index (κ3) is 2.40. The van der Waals surface area contributed by atoms with Crippen molar-refractivity contribution in [3.05, 3.63) is 40.5 Å². The summed E-state index contributed by atoms with van der Waals surface area (Å²) in [7, 11) is 1.62. The predicted octanol–water partition coefficient (Wildman–Crippen LogP) is 2.63. The summed E-state index contributed by atoms with van der Waals surface area (Å²) in [6.45, 7) is 0. The zero-order valence-electron chi connectivity index (χ0n) is 8.34. The number of furan rings is 1. The summed E-state index contributed by atoms with van der Waals surface area (Å²) in [4.78, 5) is 0.892. The second-order valence-electron chi connectivity index (χ2n) is 3.19. The highest BCUT2D eigenvalue weighted by Crippen LogP contribution is 2.28. The van der Waals surface area contributed by atoms with Gasteiger partial charge in [-0.3, -0.25) is 0 Å². The van der Waals surface area contributed by atoms with E-state index < -0.39 is 6.10 Å². The maximum absolute atomic E-state index is 9.90. The Labute approximate surface area is 91.9 Å². The van der Waals surface area contributed by atoms with E-state index in [1.165, 1.54) is 11.3 Å². The molecule has 0 saturated heterocycles. The maximum atomic E-state index is 9.90. The summed E-state index contributed by atoms with van der Waals surface area (Å²) in [5.74, 6) is 1.57. The lowest BCUT2D eigenvalue weighted by molar-refractivity contribution is 0.174. The Morgan fingerprint density at radius 2 is 2.47 bits per heavy atom. The van der Waals surface area contributed by atoms with Crippen LogP contribution >= 0.6 is 11.3 Å². The van der Waals surface area contributed by atoms with Gasteiger partial charge in [0.15, 0.2) is 0 Å². The molecule has 2 rings (SSSR count). The van der Waals surface area contributed by atoms with Gasteiger partial charge < -0.3 is 14.3 Å². The van der Waals surface area contributed by atoms with E-state index in [-0.39, 0.29) is 0 Å². The van der Waals surface area contributed by atoms with Gasteiger partial charge in [-0.05, 0) is 18.2 Å². The molecule has 3 nitrogen and oxygen atoms in total. The van der Waals surface area contributed by atoms with Gasteiger partial charge in [-0.1, -0.05) is 0 Å². The topological polar surface area (TPSA) is 42.6 Å². The summed E-state index contributed by atoms with van der Waals surface area (Å²) in [6.07, 6.45) is 1.58. The van der Waals surface area contributed by atoms with E-state index in [0.29, 0.717) is 6.42 Å². The second kappa shape index (κ2) is 4.51. The van der Waals surface area contributed by atoms with Crippen LogP contribution in [0, 0.1) is 0 Å². The molecule has 0 saturated carbocycles. The fourth-order valence-corrected chi connectivity index (χ4v) is 2.18. The van der Waals surface area contributed by atoms with Crippen LogP contribution in [0.3, 0.4) is 0 Å². The van der Waals surface area contributed by atoms with Gasteiger partial charge in [0, 0.05) is 16.7 Å². The Morgan fingerprint density at radius 1 is 1.60 bits per heavy atom. The molecule has 0 aromatic carbocycles. The van der Waals surface area contributed by atoms with Crippen molar-refractivity contribution < 1.29 is 14.3 Å². The van der Waals surface area contributed by atoms with Crippen LogP contribution in [-0.4, -0.2) is 12.2 Å². The Bertz CT molecular complexity index is 405. The molecule has 2 aromatic rings. The molecule has 1 atom stereocenters. The largest absolute Gasteiger partial charge is 0.496 e. The number of thiophene rings is 1. The minimum atomic E-state index is -0.523. The minimum absolute atomic E-state index is 0.497. The zero-order chi connectivity index (χ0) is 10.7. The molecule has 2 aromatic heterocycles. The summed E-state index contributed by atoms with van der Waals surface area (Å²) in [5.41, 5.74) is 0. The standard InChI is InChI=1S/C11H12O3S/c1-13-9-6-11(15-7-9)10(12)5-8-3-2-4-14-8/h2-4,6-7,10,12H,5H2,1H3. The molecule has 0 fully saturated rings. The highest BCUT2D eigenvalue weighted by atomic mass is 32.1. The van der Waals surface area contributed by atoms with Crippen molar-refractivity contribution in [1.82, 2.24) is 0 Å². The predicted molar refractivity (Wildman–Crippen MR) is 58.2 cm³/mol. The third-order valence-corrected chi connectivity index (χ3v) is 3.15. The fraction of sp³-hybridized carbons (Fsp3) is 0.273. The van der Waals surface area contributed by atoms with Crippen LogP contribution in [-0.2, 0) is 6.42 Å². The van der Waals surface area contributed by atoms with Gasteiger partial charge in [0.1, 0.15) is 11.5 Å². The van der Waals surface area contributed by atoms with Gasteiger partial charge in [0.2, 0.25) is 0 Å². The van der Waals surface area contributed by atoms with Crippen molar-refractivity contribution in [1.29, 1.82) is 0 Å². The van der Waals surface area contributed by atoms with E-state index in [4.69, 9.17) is 9.15 Å². The van der Waals surface area contributed by atoms with Crippen molar-refractivity contribution in [2.45, 2.75) is 12.5 Å². The van der Waals surface area contributed by atoms with Crippen molar-refractivity contribution in [3.63, 3.8) is 0 Å². The van der Waals surface area contributed by atoms with E-state index >= 15 is 0 Å². The maximum Gasteiger partial charge on any atom is 0.129 e. The van der Waals surface area contributed by atoms with Gasteiger partial charge in [0.05, 0.1) is 19.5 Å². The Morgan fingerprint density at radius 3 is 3.07 bits per heavy atom. The molecule has 0 radical (unpaired) electrons. The number of methoxy groups -OCH3 is 1. The lowest BCUT2D eigenvalue weighted by atomic mass is 10.2. The molecule has 15 heavy (non-hydrogen) atoms. The number of aliphatic hydroxyl groups is 1. The smallest absolute Gasteiger partial charge is 0.129 e. The van der Waals surface area contributed by atoms with Crippen LogP contribution in [0.4, 0.5) is 0 Å². The van der Waals surface area contributed by atoms with Crippen LogP contribution in [0.1, 0.15) is 16.7 Å². The molecule has 1 unspecified atom stereocenters. The molecule has 1 N–H and O–H groups in total. The van der Waals surface area contributed by atoms with Gasteiger partial charge in [-0.15, -0.1) is 11.3 Å². The third-order valence-electron chi connectivity index (χ3n) is 2.13. The summed E-state index contributed by atoms with van der Waals surface area (Å²) < 4.78 is 10.2. The summed E-state index contributed by atoms with van der Waals surface area (Å²) >= 11 is 1.49. The molecule has 0 amide bonds. The molecule has 0 aliphatic carbocycles. The number of rotatable bonds is 4. The summed E-state index contributed by atoms with van der Waals surface area (Å²) in [6, 6.07) is 5.52. The van der Waals surface area contributed by atoms with Crippen molar-refractivity contribution >= 4 is 11.3 Å². The Hall–Kier alpha value is -1.26. The van der Waals surface area contributed by atoms with E-state index in [9.17, 15) is 5.11 Å². The lowest BCUT2D eigenvalue weighted by Gasteiger charge is -2.05. The zero-order valence-corrected chi connectivity index (χ0v) is 9.16. The van der Waals surface area contributed by atoms with E-state index in [2.05, 4.69) is 0 Å². The monoisotopic (exact) mass is 224 g/mol. The number of hydrogen-bond donors (Lipinski definition) is 1. The van der Waals surface area contributed by atoms with Crippen LogP contribution in [0.2, 0.25) is 0 Å². The summed E-state index contributed by atoms with van der Waals surface area (Å²) in [5, 5.41) is 11.8. The van der Waals surface area contributed by atoms with Gasteiger partial charge in [0.25, 0.3) is 0 Å². The number of ether oxygens (including phenoxy) is 1. The highest BCUT2D eigenvalue weighted by Gasteiger charge is 2.12. The average Bonchev–Trinajstić information content (AvgIpc) is 2.86. The molecule has 4 heteroatoms. The molecule has 0 spiro atoms. The molecule has 0 bridgehead atoms. The Kier molecular flexibility index (Phi) is 3.08. The first-order chi connectivity index (χ1) is 7.29. The van der Waals surface area contributed by atoms with Gasteiger partial charge >= 0.3 is 0 Å². The van der Waals surface area contributed by atoms with Crippen LogP contribution in [0.5, 0.6) is 5.75 Å². The van der Waals surface area contributed by atoms with Gasteiger partial charge in [-0.25, -0.2) is 0 Å². The molecule has 80 valence electrons. The van der Waals surface area contributed by atoms with Crippen molar-refractivity contribution in [2.24, 2.45) is 0 Å². The number of aliphatic hydroxyl groups excluding tert-OH is 1. The van der Waals surface area contributed by atoms with Crippen LogP contribution in [0.15, 0.2) is 34.3 Å². The minimum Gasteiger partial charge on any atom is -0.496 e. The fourth-order valence-electron chi connectivity index (χ4n) is 1.34. The first-order valence-electron chi connectivity index (χ1n) is 4.62. The van der Waals surface area contributed by atoms with E-state index in [0.717, 1.165) is 16.4 Å². The molecule has 2 heterocycles. The highest BCUT2D eigenvalue weighted by molar-refractivity contribution is 7.10. The average molecular weight is 224 g/mol. The normalized spacial score (nSPS) is 12.7. The second-order valence-corrected chi connectivity index (χ2v) is 4.13. The van der Waals surface area contributed by atoms with Crippen LogP contribution in [0.25, 0.3) is 0 Å². The first-order valence-corrected chi connectivity index (χ1v) is 5.50. The van der Waals surface area contributed by atoms with E-state index in [1.54, 1.807) is 13.4 Å². The molecule has 0 aliphatic rings. The molecular formula is C11H12O3S.